The lowest BCUT2D eigenvalue weighted by atomic mass is 10.1. The van der Waals surface area contributed by atoms with Gasteiger partial charge in [-0.2, -0.15) is 0 Å². The van der Waals surface area contributed by atoms with Crippen molar-refractivity contribution < 1.29 is 14.3 Å². The van der Waals surface area contributed by atoms with Gasteiger partial charge >= 0.3 is 0 Å². The molecule has 0 aromatic heterocycles. The zero-order valence-electron chi connectivity index (χ0n) is 13.4. The highest BCUT2D eigenvalue weighted by atomic mass is 35.5. The van der Waals surface area contributed by atoms with Crippen LogP contribution in [0.4, 0.5) is 5.69 Å². The van der Waals surface area contributed by atoms with Gasteiger partial charge in [0.1, 0.15) is 6.61 Å². The number of carbonyl (C=O) groups is 1. The number of rotatable bonds is 4. The average molecular weight is 347 g/mol. The number of nitrogens with zero attached hydrogens (tertiary/aromatic N) is 1. The van der Waals surface area contributed by atoms with Crippen molar-refractivity contribution in [1.82, 2.24) is 4.90 Å². The summed E-state index contributed by atoms with van der Waals surface area (Å²) in [6, 6.07) is 12.4. The number of ether oxygens (including phenoxy) is 2. The van der Waals surface area contributed by atoms with E-state index in [1.807, 2.05) is 31.2 Å². The lowest BCUT2D eigenvalue weighted by Gasteiger charge is -2.31. The first kappa shape index (κ1) is 16.5. The smallest absolute Gasteiger partial charge is 0.255 e. The van der Waals surface area contributed by atoms with Crippen LogP contribution in [-0.2, 0) is 0 Å². The highest BCUT2D eigenvalue weighted by Crippen LogP contribution is 2.31. The Balaban J connectivity index is 1.72. The number of amides is 1. The van der Waals surface area contributed by atoms with Crippen LogP contribution in [0.3, 0.4) is 0 Å². The Morgan fingerprint density at radius 1 is 1.29 bits per heavy atom. The maximum Gasteiger partial charge on any atom is 0.255 e. The second kappa shape index (κ2) is 7.01. The minimum atomic E-state index is -0.226. The number of nitrogen functional groups attached to an aromatic ring is 1. The molecular weight excluding hydrogens is 328 g/mol. The van der Waals surface area contributed by atoms with Crippen LogP contribution in [0.5, 0.6) is 11.5 Å². The van der Waals surface area contributed by atoms with E-state index in [0.29, 0.717) is 41.7 Å². The van der Waals surface area contributed by atoms with Gasteiger partial charge in [-0.3, -0.25) is 4.79 Å². The van der Waals surface area contributed by atoms with Crippen LogP contribution in [-0.4, -0.2) is 36.6 Å². The maximum atomic E-state index is 12.7. The van der Waals surface area contributed by atoms with Crippen molar-refractivity contribution in [2.45, 2.75) is 13.0 Å². The molecule has 1 amide bonds. The first-order chi connectivity index (χ1) is 11.6. The van der Waals surface area contributed by atoms with Crippen molar-refractivity contribution in [3.05, 3.63) is 53.1 Å². The van der Waals surface area contributed by atoms with Gasteiger partial charge in [0.25, 0.3) is 5.91 Å². The molecular formula is C18H19ClN2O3. The lowest BCUT2D eigenvalue weighted by Crippen LogP contribution is -2.43. The topological polar surface area (TPSA) is 64.8 Å². The number of anilines is 1. The summed E-state index contributed by atoms with van der Waals surface area (Å²) in [5, 5.41) is 0.351. The number of fused-ring (bicyclic) bond motifs is 1. The van der Waals surface area contributed by atoms with Gasteiger partial charge in [0, 0.05) is 12.2 Å². The van der Waals surface area contributed by atoms with Crippen LogP contribution in [0, 0.1) is 0 Å². The number of carbonyl (C=O) groups excluding carboxylic acids is 1. The zero-order valence-corrected chi connectivity index (χ0v) is 14.1. The fraction of sp³-hybridized carbons (Fsp3) is 0.278. The van der Waals surface area contributed by atoms with E-state index in [0.717, 1.165) is 5.75 Å². The highest BCUT2D eigenvalue weighted by Gasteiger charge is 2.26. The van der Waals surface area contributed by atoms with Crippen molar-refractivity contribution in [3.63, 3.8) is 0 Å². The van der Waals surface area contributed by atoms with Gasteiger partial charge in [-0.25, -0.2) is 0 Å². The Bertz CT molecular complexity index is 751. The lowest BCUT2D eigenvalue weighted by molar-refractivity contribution is 0.0475. The summed E-state index contributed by atoms with van der Waals surface area (Å²) in [5.41, 5.74) is 6.65. The van der Waals surface area contributed by atoms with Crippen LogP contribution in [0.1, 0.15) is 17.3 Å². The first-order valence-electron chi connectivity index (χ1n) is 7.81. The van der Waals surface area contributed by atoms with Gasteiger partial charge in [-0.15, -0.1) is 0 Å². The summed E-state index contributed by atoms with van der Waals surface area (Å²) in [6.45, 7) is 3.28. The maximum absolute atomic E-state index is 12.7. The Kier molecular flexibility index (Phi) is 4.81. The molecule has 1 heterocycles. The van der Waals surface area contributed by atoms with Crippen LogP contribution in [0.2, 0.25) is 5.02 Å². The van der Waals surface area contributed by atoms with Crippen LogP contribution < -0.4 is 15.2 Å². The van der Waals surface area contributed by atoms with E-state index in [4.69, 9.17) is 26.8 Å². The van der Waals surface area contributed by atoms with Gasteiger partial charge in [0.2, 0.25) is 0 Å². The Labute approximate surface area is 145 Å². The number of benzene rings is 2. The van der Waals surface area contributed by atoms with Gasteiger partial charge in [-0.05, 0) is 37.3 Å². The number of hydrogen-bond acceptors (Lipinski definition) is 4. The molecule has 1 unspecified atom stereocenters. The van der Waals surface area contributed by atoms with E-state index in [1.54, 1.807) is 23.1 Å². The minimum absolute atomic E-state index is 0.148. The van der Waals surface area contributed by atoms with Gasteiger partial charge in [-0.1, -0.05) is 23.7 Å². The molecule has 0 radical (unpaired) electrons. The molecule has 0 saturated heterocycles. The molecule has 1 aliphatic heterocycles. The van der Waals surface area contributed by atoms with Gasteiger partial charge in [0.05, 0.1) is 17.1 Å². The van der Waals surface area contributed by atoms with Crippen molar-refractivity contribution >= 4 is 23.2 Å². The molecule has 5 nitrogen and oxygen atoms in total. The number of hydrogen-bond donors (Lipinski definition) is 1. The van der Waals surface area contributed by atoms with Crippen molar-refractivity contribution in [2.24, 2.45) is 0 Å². The average Bonchev–Trinajstić information content (AvgIpc) is 2.59. The zero-order chi connectivity index (χ0) is 17.1. The van der Waals surface area contributed by atoms with E-state index in [9.17, 15) is 4.79 Å². The molecule has 6 heteroatoms. The molecule has 2 aromatic rings. The molecule has 1 aliphatic rings. The SMILES string of the molecule is CCN(CC1COc2ccccc2O1)C(=O)c1ccc(N)cc1Cl. The molecule has 24 heavy (non-hydrogen) atoms. The largest absolute Gasteiger partial charge is 0.486 e. The van der Waals surface area contributed by atoms with Gasteiger partial charge < -0.3 is 20.1 Å². The molecule has 0 spiro atoms. The molecule has 0 saturated carbocycles. The van der Waals surface area contributed by atoms with Crippen molar-refractivity contribution in [2.75, 3.05) is 25.4 Å². The molecule has 0 aliphatic carbocycles. The van der Waals surface area contributed by atoms with Crippen LogP contribution >= 0.6 is 11.6 Å². The predicted octanol–water partition coefficient (Wildman–Crippen LogP) is 3.22. The standard InChI is InChI=1S/C18H19ClN2O3/c1-2-21(18(22)14-8-7-12(20)9-15(14)19)10-13-11-23-16-5-3-4-6-17(16)24-13/h3-9,13H,2,10-11,20H2,1H3. The Morgan fingerprint density at radius 2 is 2.04 bits per heavy atom. The first-order valence-corrected chi connectivity index (χ1v) is 8.19. The highest BCUT2D eigenvalue weighted by molar-refractivity contribution is 6.34. The summed E-state index contributed by atoms with van der Waals surface area (Å²) in [5.74, 6) is 1.28. The molecule has 126 valence electrons. The fourth-order valence-electron chi connectivity index (χ4n) is 2.63. The van der Waals surface area contributed by atoms with Crippen LogP contribution in [0.15, 0.2) is 42.5 Å². The monoisotopic (exact) mass is 346 g/mol. The summed E-state index contributed by atoms with van der Waals surface area (Å²) >= 11 is 6.15. The summed E-state index contributed by atoms with van der Waals surface area (Å²) < 4.78 is 11.6. The van der Waals surface area contributed by atoms with Crippen molar-refractivity contribution in [3.8, 4) is 11.5 Å². The third-order valence-electron chi connectivity index (χ3n) is 3.88. The van der Waals surface area contributed by atoms with E-state index in [1.165, 1.54) is 0 Å². The molecule has 0 bridgehead atoms. The third-order valence-corrected chi connectivity index (χ3v) is 4.20. The van der Waals surface area contributed by atoms with Gasteiger partial charge in [0.15, 0.2) is 17.6 Å². The number of para-hydroxylation sites is 2. The number of likely N-dealkylation sites (N-methyl/N-ethyl adjacent to an activating group) is 1. The summed E-state index contributed by atoms with van der Waals surface area (Å²) in [7, 11) is 0. The Hall–Kier alpha value is -2.40. The van der Waals surface area contributed by atoms with Crippen molar-refractivity contribution in [1.29, 1.82) is 0 Å². The van der Waals surface area contributed by atoms with Crippen LogP contribution in [0.25, 0.3) is 0 Å². The molecule has 3 rings (SSSR count). The molecule has 2 aromatic carbocycles. The number of nitrogens with two attached hydrogens (primary N) is 1. The Morgan fingerprint density at radius 3 is 2.75 bits per heavy atom. The quantitative estimate of drug-likeness (QED) is 0.863. The fourth-order valence-corrected chi connectivity index (χ4v) is 2.90. The molecule has 2 N–H and O–H groups in total. The summed E-state index contributed by atoms with van der Waals surface area (Å²) in [6.07, 6.45) is -0.226. The van der Waals surface area contributed by atoms with E-state index in [2.05, 4.69) is 0 Å². The van der Waals surface area contributed by atoms with E-state index in [-0.39, 0.29) is 12.0 Å². The third kappa shape index (κ3) is 3.41. The summed E-state index contributed by atoms with van der Waals surface area (Å²) in [4.78, 5) is 14.4. The predicted molar refractivity (Wildman–Crippen MR) is 93.8 cm³/mol. The second-order valence-corrected chi connectivity index (χ2v) is 5.99. The second-order valence-electron chi connectivity index (χ2n) is 5.58. The number of halogens is 1. The molecule has 1 atom stereocenters. The van der Waals surface area contributed by atoms with E-state index >= 15 is 0 Å². The molecule has 0 fully saturated rings. The normalized spacial score (nSPS) is 15.8. The van der Waals surface area contributed by atoms with E-state index < -0.39 is 0 Å². The minimum Gasteiger partial charge on any atom is -0.486 e.